The lowest BCUT2D eigenvalue weighted by molar-refractivity contribution is 0.0607. The van der Waals surface area contributed by atoms with Crippen LogP contribution in [0.15, 0.2) is 18.2 Å². The summed E-state index contributed by atoms with van der Waals surface area (Å²) in [5.74, 6) is -1.98. The van der Waals surface area contributed by atoms with E-state index in [1.807, 2.05) is 0 Å². The molecule has 35 heavy (non-hydrogen) atoms. The molecule has 0 amide bonds. The number of fused-ring (bicyclic) bond motifs is 1. The number of nitrogens with zero attached hydrogens (tertiary/aromatic N) is 3. The van der Waals surface area contributed by atoms with E-state index in [1.165, 1.54) is 6.42 Å². The van der Waals surface area contributed by atoms with Crippen molar-refractivity contribution >= 4 is 5.82 Å². The minimum atomic E-state index is -3.01. The Labute approximate surface area is 201 Å². The lowest BCUT2D eigenvalue weighted by Crippen LogP contribution is -2.28. The van der Waals surface area contributed by atoms with Crippen LogP contribution in [0.4, 0.5) is 27.8 Å². The molecule has 10 heteroatoms. The Hall–Kier alpha value is -2.33. The number of nitrogens with one attached hydrogen (secondary N) is 1. The first-order valence-electron chi connectivity index (χ1n) is 12.2. The van der Waals surface area contributed by atoms with Crippen molar-refractivity contribution in [1.29, 1.82) is 0 Å². The van der Waals surface area contributed by atoms with Crippen molar-refractivity contribution in [3.8, 4) is 11.3 Å². The number of ether oxygens (including phenoxy) is 1. The van der Waals surface area contributed by atoms with Gasteiger partial charge < -0.3 is 15.0 Å². The number of hydrogen-bond acceptors (Lipinski definition) is 5. The van der Waals surface area contributed by atoms with Gasteiger partial charge in [0.1, 0.15) is 17.3 Å². The van der Waals surface area contributed by atoms with Crippen LogP contribution in [-0.2, 0) is 4.74 Å². The molecule has 0 spiro atoms. The first-order chi connectivity index (χ1) is 16.9. The molecular weight excluding hydrogens is 467 g/mol. The van der Waals surface area contributed by atoms with E-state index >= 15 is 0 Å². The summed E-state index contributed by atoms with van der Waals surface area (Å²) in [5, 5.41) is 10.8. The molecule has 3 atom stereocenters. The third-order valence-corrected chi connectivity index (χ3v) is 7.68. The number of aromatic nitrogens is 2. The number of benzene rings is 1. The van der Waals surface area contributed by atoms with Crippen molar-refractivity contribution < 1.29 is 26.7 Å². The van der Waals surface area contributed by atoms with Gasteiger partial charge >= 0.3 is 0 Å². The summed E-state index contributed by atoms with van der Waals surface area (Å²) in [6, 6.07) is 2.18. The van der Waals surface area contributed by atoms with Crippen LogP contribution >= 0.6 is 0 Å². The van der Waals surface area contributed by atoms with Gasteiger partial charge in [-0.25, -0.2) is 22.0 Å². The molecule has 190 valence electrons. The standard InChI is InChI=1S/C25H29F5N4O/c26-17-9-19(23(28)21(27)10-17)24-20(25(29)30)11-22(32-33-24)31-18-7-15-12-34(13-16(15)8-18)4-1-14-2-5-35-6-3-14/h9-11,14-16,18,25H,1-8,12-13H2,(H,31,32)/t15-,16+,18+. The zero-order valence-electron chi connectivity index (χ0n) is 19.3. The van der Waals surface area contributed by atoms with Crippen molar-refractivity contribution in [1.82, 2.24) is 15.1 Å². The number of anilines is 1. The highest BCUT2D eigenvalue weighted by molar-refractivity contribution is 5.65. The Bertz CT molecular complexity index is 1030. The van der Waals surface area contributed by atoms with Crippen LogP contribution < -0.4 is 5.32 Å². The molecular formula is C25H29F5N4O. The number of likely N-dealkylation sites (tertiary alicyclic amines) is 1. The number of hydrogen-bond donors (Lipinski definition) is 1. The highest BCUT2D eigenvalue weighted by atomic mass is 19.3. The van der Waals surface area contributed by atoms with Crippen LogP contribution in [0.2, 0.25) is 0 Å². The molecule has 1 N–H and O–H groups in total. The van der Waals surface area contributed by atoms with E-state index in [1.54, 1.807) is 0 Å². The zero-order chi connectivity index (χ0) is 24.5. The lowest BCUT2D eigenvalue weighted by atomic mass is 9.96. The molecule has 0 unspecified atom stereocenters. The number of halogens is 5. The molecule has 1 aliphatic carbocycles. The second-order valence-corrected chi connectivity index (χ2v) is 10.0. The highest BCUT2D eigenvalue weighted by Crippen LogP contribution is 2.40. The van der Waals surface area contributed by atoms with E-state index < -0.39 is 40.7 Å². The Kier molecular flexibility index (Phi) is 7.20. The van der Waals surface area contributed by atoms with Crippen molar-refractivity contribution in [3.05, 3.63) is 41.2 Å². The smallest absolute Gasteiger partial charge is 0.266 e. The Balaban J connectivity index is 1.21. The van der Waals surface area contributed by atoms with Gasteiger partial charge in [-0.15, -0.1) is 10.2 Å². The molecule has 3 fully saturated rings. The summed E-state index contributed by atoms with van der Waals surface area (Å²) in [7, 11) is 0. The molecule has 1 aromatic carbocycles. The summed E-state index contributed by atoms with van der Waals surface area (Å²) in [5.41, 5.74) is -1.86. The van der Waals surface area contributed by atoms with Crippen LogP contribution in [-0.4, -0.2) is 54.0 Å². The Morgan fingerprint density at radius 2 is 1.71 bits per heavy atom. The summed E-state index contributed by atoms with van der Waals surface area (Å²) in [6.45, 7) is 4.94. The van der Waals surface area contributed by atoms with E-state index in [-0.39, 0.29) is 11.9 Å². The molecule has 5 rings (SSSR count). The maximum Gasteiger partial charge on any atom is 0.266 e. The molecule has 1 aromatic heterocycles. The third-order valence-electron chi connectivity index (χ3n) is 7.68. The topological polar surface area (TPSA) is 50.3 Å². The predicted molar refractivity (Wildman–Crippen MR) is 121 cm³/mol. The molecule has 2 saturated heterocycles. The Morgan fingerprint density at radius 1 is 1.00 bits per heavy atom. The largest absolute Gasteiger partial charge is 0.381 e. The van der Waals surface area contributed by atoms with Gasteiger partial charge in [0.2, 0.25) is 0 Å². The normalized spacial score (nSPS) is 25.4. The Morgan fingerprint density at radius 3 is 2.40 bits per heavy atom. The van der Waals surface area contributed by atoms with Crippen LogP contribution in [0.25, 0.3) is 11.3 Å². The first-order valence-corrected chi connectivity index (χ1v) is 12.2. The average molecular weight is 497 g/mol. The predicted octanol–water partition coefficient (Wildman–Crippen LogP) is 5.44. The fraction of sp³-hybridized carbons (Fsp3) is 0.600. The average Bonchev–Trinajstić information content (AvgIpc) is 3.39. The van der Waals surface area contributed by atoms with Gasteiger partial charge in [0, 0.05) is 49.5 Å². The number of rotatable bonds is 7. The van der Waals surface area contributed by atoms with Crippen LogP contribution in [0.5, 0.6) is 0 Å². The van der Waals surface area contributed by atoms with Crippen molar-refractivity contribution in [2.75, 3.05) is 38.2 Å². The lowest BCUT2D eigenvalue weighted by Gasteiger charge is -2.25. The van der Waals surface area contributed by atoms with E-state index in [4.69, 9.17) is 4.74 Å². The van der Waals surface area contributed by atoms with Gasteiger partial charge in [0.05, 0.1) is 0 Å². The summed E-state index contributed by atoms with van der Waals surface area (Å²) in [4.78, 5) is 2.54. The second kappa shape index (κ2) is 10.3. The minimum absolute atomic E-state index is 0.0802. The van der Waals surface area contributed by atoms with Crippen molar-refractivity contribution in [2.45, 2.75) is 44.6 Å². The second-order valence-electron chi connectivity index (χ2n) is 10.0. The zero-order valence-corrected chi connectivity index (χ0v) is 19.3. The van der Waals surface area contributed by atoms with E-state index in [0.717, 1.165) is 70.5 Å². The summed E-state index contributed by atoms with van der Waals surface area (Å²) < 4.78 is 74.4. The van der Waals surface area contributed by atoms with E-state index in [2.05, 4.69) is 20.4 Å². The molecule has 1 saturated carbocycles. The van der Waals surface area contributed by atoms with Crippen molar-refractivity contribution in [2.24, 2.45) is 17.8 Å². The molecule has 2 aromatic rings. The van der Waals surface area contributed by atoms with Gasteiger partial charge in [0.15, 0.2) is 11.6 Å². The maximum absolute atomic E-state index is 14.2. The minimum Gasteiger partial charge on any atom is -0.381 e. The van der Waals surface area contributed by atoms with Crippen LogP contribution in [0.1, 0.15) is 44.1 Å². The van der Waals surface area contributed by atoms with E-state index in [9.17, 15) is 22.0 Å². The summed E-state index contributed by atoms with van der Waals surface area (Å²) in [6.07, 6.45) is 2.31. The maximum atomic E-state index is 14.2. The third kappa shape index (κ3) is 5.43. The van der Waals surface area contributed by atoms with Crippen LogP contribution in [0, 0.1) is 35.2 Å². The first kappa shape index (κ1) is 24.4. The molecule has 0 radical (unpaired) electrons. The fourth-order valence-corrected chi connectivity index (χ4v) is 5.89. The quantitative estimate of drug-likeness (QED) is 0.409. The van der Waals surface area contributed by atoms with Crippen LogP contribution in [0.3, 0.4) is 0 Å². The van der Waals surface area contributed by atoms with Crippen molar-refractivity contribution in [3.63, 3.8) is 0 Å². The monoisotopic (exact) mass is 496 g/mol. The molecule has 3 heterocycles. The molecule has 0 bridgehead atoms. The molecule has 2 aliphatic heterocycles. The summed E-state index contributed by atoms with van der Waals surface area (Å²) >= 11 is 0. The molecule has 5 nitrogen and oxygen atoms in total. The molecule has 3 aliphatic rings. The number of alkyl halides is 2. The SMILES string of the molecule is Fc1cc(F)c(F)c(-c2nnc(N[C@H]3C[C@@H]4CN(CCC5CCOCC5)C[C@@H]4C3)cc2C(F)F)c1. The van der Waals surface area contributed by atoms with Gasteiger partial charge in [-0.2, -0.15) is 0 Å². The van der Waals surface area contributed by atoms with E-state index in [0.29, 0.717) is 24.0 Å². The fourth-order valence-electron chi connectivity index (χ4n) is 5.89. The van der Waals surface area contributed by atoms with Gasteiger partial charge in [-0.05, 0) is 68.5 Å². The highest BCUT2D eigenvalue weighted by Gasteiger charge is 2.41. The van der Waals surface area contributed by atoms with Gasteiger partial charge in [-0.3, -0.25) is 0 Å². The van der Waals surface area contributed by atoms with Gasteiger partial charge in [0.25, 0.3) is 6.43 Å². The van der Waals surface area contributed by atoms with Gasteiger partial charge in [-0.1, -0.05) is 0 Å².